The molecule has 2 heterocycles. The number of anilines is 1. The largest absolute Gasteiger partial charge is 0.462 e. The number of pyridine rings is 1. The van der Waals surface area contributed by atoms with Gasteiger partial charge in [-0.2, -0.15) is 0 Å². The molecule has 0 fully saturated rings. The van der Waals surface area contributed by atoms with Crippen LogP contribution in [-0.4, -0.2) is 23.1 Å². The molecule has 1 amide bonds. The van der Waals surface area contributed by atoms with Gasteiger partial charge in [0, 0.05) is 16.6 Å². The Kier molecular flexibility index (Phi) is 5.56. The van der Waals surface area contributed by atoms with Crippen LogP contribution in [0.2, 0.25) is 0 Å². The number of nitrogens with one attached hydrogen (secondary N) is 1. The molecule has 1 aliphatic carbocycles. The van der Waals surface area contributed by atoms with Crippen molar-refractivity contribution in [1.29, 1.82) is 0 Å². The smallest absolute Gasteiger partial charge is 0.341 e. The average molecular weight is 374 g/mol. The predicted molar refractivity (Wildman–Crippen MR) is 101 cm³/mol. The molecule has 0 atom stereocenters. The molecule has 0 aromatic carbocycles. The number of carbonyl (C=O) groups excluding carboxylic acids is 2. The van der Waals surface area contributed by atoms with Crippen molar-refractivity contribution < 1.29 is 14.3 Å². The Labute approximate surface area is 155 Å². The van der Waals surface area contributed by atoms with E-state index in [1.807, 2.05) is 0 Å². The third-order valence-corrected chi connectivity index (χ3v) is 5.68. The lowest BCUT2D eigenvalue weighted by Gasteiger charge is -2.12. The summed E-state index contributed by atoms with van der Waals surface area (Å²) in [5.41, 5.74) is 1.97. The standard InChI is InChI=1S/C19H22N2O4S/c1-3-25-19(24)17-13-8-4-5-9-14(13)26-18(17)20-15(22)11-21-12(2)7-6-10-16(21)23/h6-7,10H,3-5,8-9,11H2,1-2H3,(H,20,22). The van der Waals surface area contributed by atoms with Crippen molar-refractivity contribution in [3.8, 4) is 0 Å². The molecule has 0 spiro atoms. The lowest BCUT2D eigenvalue weighted by molar-refractivity contribution is -0.116. The second-order valence-electron chi connectivity index (χ2n) is 6.28. The lowest BCUT2D eigenvalue weighted by atomic mass is 9.95. The molecular formula is C19H22N2O4S. The first-order valence-corrected chi connectivity index (χ1v) is 9.61. The molecule has 138 valence electrons. The summed E-state index contributed by atoms with van der Waals surface area (Å²) in [5.74, 6) is -0.721. The number of carbonyl (C=O) groups is 2. The maximum absolute atomic E-state index is 12.5. The van der Waals surface area contributed by atoms with Gasteiger partial charge in [-0.05, 0) is 51.2 Å². The van der Waals surface area contributed by atoms with E-state index in [1.54, 1.807) is 26.0 Å². The fourth-order valence-corrected chi connectivity index (χ4v) is 4.50. The van der Waals surface area contributed by atoms with E-state index in [0.717, 1.165) is 36.1 Å². The molecule has 0 radical (unpaired) electrons. The molecule has 2 aromatic heterocycles. The van der Waals surface area contributed by atoms with Crippen LogP contribution in [0.25, 0.3) is 0 Å². The number of thiophene rings is 1. The van der Waals surface area contributed by atoms with E-state index in [4.69, 9.17) is 4.74 Å². The number of nitrogens with zero attached hydrogens (tertiary/aromatic N) is 1. The molecule has 0 saturated heterocycles. The number of hydrogen-bond acceptors (Lipinski definition) is 5. The average Bonchev–Trinajstić information content (AvgIpc) is 2.96. The number of ether oxygens (including phenoxy) is 1. The van der Waals surface area contributed by atoms with Crippen LogP contribution in [0.3, 0.4) is 0 Å². The number of aromatic nitrogens is 1. The van der Waals surface area contributed by atoms with Gasteiger partial charge >= 0.3 is 5.97 Å². The van der Waals surface area contributed by atoms with Gasteiger partial charge in [-0.15, -0.1) is 11.3 Å². The Hall–Kier alpha value is -2.41. The summed E-state index contributed by atoms with van der Waals surface area (Å²) >= 11 is 1.44. The number of aryl methyl sites for hydroxylation is 2. The van der Waals surface area contributed by atoms with E-state index in [2.05, 4.69) is 5.32 Å². The second kappa shape index (κ2) is 7.86. The molecule has 2 aromatic rings. The summed E-state index contributed by atoms with van der Waals surface area (Å²) in [5, 5.41) is 3.36. The van der Waals surface area contributed by atoms with Crippen LogP contribution in [0.15, 0.2) is 23.0 Å². The Balaban J connectivity index is 1.87. The van der Waals surface area contributed by atoms with Crippen molar-refractivity contribution in [2.24, 2.45) is 0 Å². The van der Waals surface area contributed by atoms with Gasteiger partial charge in [-0.25, -0.2) is 4.79 Å². The lowest BCUT2D eigenvalue weighted by Crippen LogP contribution is -2.28. The van der Waals surface area contributed by atoms with Crippen molar-refractivity contribution >= 4 is 28.2 Å². The summed E-state index contributed by atoms with van der Waals surface area (Å²) in [4.78, 5) is 38.0. The van der Waals surface area contributed by atoms with Crippen molar-refractivity contribution in [1.82, 2.24) is 4.57 Å². The van der Waals surface area contributed by atoms with E-state index < -0.39 is 5.97 Å². The van der Waals surface area contributed by atoms with Gasteiger partial charge in [0.2, 0.25) is 5.91 Å². The first kappa shape index (κ1) is 18.4. The normalized spacial score (nSPS) is 13.2. The molecule has 0 unspecified atom stereocenters. The fourth-order valence-electron chi connectivity index (χ4n) is 3.21. The quantitative estimate of drug-likeness (QED) is 0.817. The molecule has 0 saturated carbocycles. The number of fused-ring (bicyclic) bond motifs is 1. The summed E-state index contributed by atoms with van der Waals surface area (Å²) in [6.45, 7) is 3.74. The van der Waals surface area contributed by atoms with Crippen molar-refractivity contribution in [2.75, 3.05) is 11.9 Å². The first-order valence-electron chi connectivity index (χ1n) is 8.79. The minimum absolute atomic E-state index is 0.0870. The first-order chi connectivity index (χ1) is 12.5. The van der Waals surface area contributed by atoms with Gasteiger partial charge in [-0.1, -0.05) is 6.07 Å². The zero-order valence-corrected chi connectivity index (χ0v) is 15.8. The van der Waals surface area contributed by atoms with Crippen molar-refractivity contribution in [3.63, 3.8) is 0 Å². The number of rotatable bonds is 5. The molecular weight excluding hydrogens is 352 g/mol. The maximum Gasteiger partial charge on any atom is 0.341 e. The molecule has 1 aliphatic rings. The maximum atomic E-state index is 12.5. The van der Waals surface area contributed by atoms with Crippen LogP contribution < -0.4 is 10.9 Å². The highest BCUT2D eigenvalue weighted by Crippen LogP contribution is 2.38. The van der Waals surface area contributed by atoms with Crippen molar-refractivity contribution in [3.05, 3.63) is 50.3 Å². The van der Waals surface area contributed by atoms with Crippen LogP contribution in [0.4, 0.5) is 5.00 Å². The van der Waals surface area contributed by atoms with Crippen LogP contribution in [0, 0.1) is 6.92 Å². The molecule has 6 nitrogen and oxygen atoms in total. The molecule has 0 bridgehead atoms. The summed E-state index contributed by atoms with van der Waals surface area (Å²) in [6, 6.07) is 4.87. The predicted octanol–water partition coefficient (Wildman–Crippen LogP) is 2.91. The molecule has 0 aliphatic heterocycles. The minimum atomic E-state index is -0.393. The highest BCUT2D eigenvalue weighted by atomic mass is 32.1. The van der Waals surface area contributed by atoms with Crippen LogP contribution in [0.5, 0.6) is 0 Å². The van der Waals surface area contributed by atoms with Gasteiger partial charge < -0.3 is 14.6 Å². The molecule has 26 heavy (non-hydrogen) atoms. The Morgan fingerprint density at radius 3 is 2.77 bits per heavy atom. The summed E-state index contributed by atoms with van der Waals surface area (Å²) in [6.07, 6.45) is 3.86. The highest BCUT2D eigenvalue weighted by molar-refractivity contribution is 7.17. The number of esters is 1. The SMILES string of the molecule is CCOC(=O)c1c(NC(=O)Cn2c(C)cccc2=O)sc2c1CCCC2. The zero-order valence-electron chi connectivity index (χ0n) is 15.0. The third kappa shape index (κ3) is 3.72. The zero-order chi connectivity index (χ0) is 18.7. The van der Waals surface area contributed by atoms with Gasteiger partial charge in [0.1, 0.15) is 11.5 Å². The highest BCUT2D eigenvalue weighted by Gasteiger charge is 2.27. The van der Waals surface area contributed by atoms with E-state index in [9.17, 15) is 14.4 Å². The van der Waals surface area contributed by atoms with Crippen molar-refractivity contribution in [2.45, 2.75) is 46.1 Å². The third-order valence-electron chi connectivity index (χ3n) is 4.47. The van der Waals surface area contributed by atoms with Crippen LogP contribution >= 0.6 is 11.3 Å². The number of amides is 1. The van der Waals surface area contributed by atoms with E-state index in [0.29, 0.717) is 16.3 Å². The molecule has 1 N–H and O–H groups in total. The fraction of sp³-hybridized carbons (Fsp3) is 0.421. The summed E-state index contributed by atoms with van der Waals surface area (Å²) < 4.78 is 6.60. The van der Waals surface area contributed by atoms with E-state index in [-0.39, 0.29) is 24.6 Å². The molecule has 3 rings (SSSR count). The van der Waals surface area contributed by atoms with E-state index >= 15 is 0 Å². The van der Waals surface area contributed by atoms with Crippen LogP contribution in [0.1, 0.15) is 46.3 Å². The van der Waals surface area contributed by atoms with Gasteiger partial charge in [0.25, 0.3) is 5.56 Å². The topological polar surface area (TPSA) is 77.4 Å². The monoisotopic (exact) mass is 374 g/mol. The Morgan fingerprint density at radius 2 is 2.04 bits per heavy atom. The van der Waals surface area contributed by atoms with E-state index in [1.165, 1.54) is 22.0 Å². The number of hydrogen-bond donors (Lipinski definition) is 1. The minimum Gasteiger partial charge on any atom is -0.462 e. The van der Waals surface area contributed by atoms with Gasteiger partial charge in [0.15, 0.2) is 0 Å². The summed E-state index contributed by atoms with van der Waals surface area (Å²) in [7, 11) is 0. The van der Waals surface area contributed by atoms with Gasteiger partial charge in [-0.3, -0.25) is 9.59 Å². The Bertz CT molecular complexity index is 897. The molecule has 7 heteroatoms. The van der Waals surface area contributed by atoms with Gasteiger partial charge in [0.05, 0.1) is 12.2 Å². The van der Waals surface area contributed by atoms with Crippen LogP contribution in [-0.2, 0) is 28.9 Å². The Morgan fingerprint density at radius 1 is 1.27 bits per heavy atom. The second-order valence-corrected chi connectivity index (χ2v) is 7.38.